The molecule has 4 heteroatoms. The number of carbonyl (C=O) groups excluding carboxylic acids is 1. The molecule has 0 aliphatic heterocycles. The Morgan fingerprint density at radius 2 is 2.25 bits per heavy atom. The highest BCUT2D eigenvalue weighted by molar-refractivity contribution is 7.10. The van der Waals surface area contributed by atoms with E-state index in [0.717, 1.165) is 0 Å². The van der Waals surface area contributed by atoms with Crippen LogP contribution >= 0.6 is 11.3 Å². The lowest BCUT2D eigenvalue weighted by molar-refractivity contribution is -0.130. The fraction of sp³-hybridized carbons (Fsp3) is 0.375. The monoisotopic (exact) mass is 186 g/mol. The zero-order chi connectivity index (χ0) is 9.14. The fourth-order valence-electron chi connectivity index (χ4n) is 0.837. The molecule has 0 amide bonds. The molecular weight excluding hydrogens is 176 g/mol. The van der Waals surface area contributed by atoms with Crippen molar-refractivity contribution in [2.24, 2.45) is 0 Å². The van der Waals surface area contributed by atoms with Crippen LogP contribution in [-0.4, -0.2) is 22.1 Å². The molecule has 12 heavy (non-hydrogen) atoms. The number of Topliss-reactive ketones (excluding diaryl/α,β-unsaturated/α-hetero) is 1. The molecule has 2 N–H and O–H groups in total. The first kappa shape index (κ1) is 9.38. The third-order valence-corrected chi connectivity index (χ3v) is 2.49. The van der Waals surface area contributed by atoms with Gasteiger partial charge in [0.1, 0.15) is 12.2 Å². The molecule has 66 valence electrons. The number of hydrogen-bond donors (Lipinski definition) is 2. The van der Waals surface area contributed by atoms with Gasteiger partial charge in [0.2, 0.25) is 0 Å². The number of thiophene rings is 1. The van der Waals surface area contributed by atoms with E-state index < -0.39 is 18.0 Å². The Morgan fingerprint density at radius 1 is 1.58 bits per heavy atom. The summed E-state index contributed by atoms with van der Waals surface area (Å²) < 4.78 is 0. The Hall–Kier alpha value is -0.710. The van der Waals surface area contributed by atoms with E-state index in [4.69, 9.17) is 0 Å². The molecule has 0 aromatic carbocycles. The second-order valence-electron chi connectivity index (χ2n) is 2.52. The third-order valence-electron chi connectivity index (χ3n) is 1.55. The molecule has 0 spiro atoms. The number of ketones is 1. The Balaban J connectivity index is 2.71. The van der Waals surface area contributed by atoms with Crippen LogP contribution in [0.1, 0.15) is 17.9 Å². The van der Waals surface area contributed by atoms with Gasteiger partial charge in [-0.15, -0.1) is 11.3 Å². The molecule has 0 fully saturated rings. The largest absolute Gasteiger partial charge is 0.384 e. The van der Waals surface area contributed by atoms with Crippen molar-refractivity contribution in [1.82, 2.24) is 0 Å². The van der Waals surface area contributed by atoms with Crippen molar-refractivity contribution in [3.05, 3.63) is 22.4 Å². The van der Waals surface area contributed by atoms with Gasteiger partial charge in [-0.1, -0.05) is 6.07 Å². The van der Waals surface area contributed by atoms with E-state index in [1.54, 1.807) is 17.5 Å². The van der Waals surface area contributed by atoms with Crippen molar-refractivity contribution in [2.75, 3.05) is 0 Å². The van der Waals surface area contributed by atoms with Crippen molar-refractivity contribution in [1.29, 1.82) is 0 Å². The minimum atomic E-state index is -1.30. The summed E-state index contributed by atoms with van der Waals surface area (Å²) in [5.74, 6) is -0.420. The minimum Gasteiger partial charge on any atom is -0.384 e. The summed E-state index contributed by atoms with van der Waals surface area (Å²) >= 11 is 1.31. The Kier molecular flexibility index (Phi) is 2.97. The van der Waals surface area contributed by atoms with Gasteiger partial charge >= 0.3 is 0 Å². The van der Waals surface area contributed by atoms with Gasteiger partial charge in [0.25, 0.3) is 0 Å². The molecule has 1 aromatic heterocycles. The van der Waals surface area contributed by atoms with Gasteiger partial charge in [0.15, 0.2) is 5.78 Å². The van der Waals surface area contributed by atoms with Gasteiger partial charge in [-0.25, -0.2) is 0 Å². The Bertz CT molecular complexity index is 255. The molecule has 0 aliphatic rings. The topological polar surface area (TPSA) is 57.5 Å². The van der Waals surface area contributed by atoms with E-state index in [1.807, 2.05) is 0 Å². The molecule has 0 bridgehead atoms. The number of rotatable bonds is 3. The van der Waals surface area contributed by atoms with Gasteiger partial charge in [0.05, 0.1) is 0 Å². The summed E-state index contributed by atoms with van der Waals surface area (Å²) in [7, 11) is 0. The number of aliphatic hydroxyl groups is 2. The summed E-state index contributed by atoms with van der Waals surface area (Å²) in [5.41, 5.74) is 0. The van der Waals surface area contributed by atoms with Crippen LogP contribution in [0.2, 0.25) is 0 Å². The van der Waals surface area contributed by atoms with Gasteiger partial charge in [0, 0.05) is 4.88 Å². The van der Waals surface area contributed by atoms with E-state index in [-0.39, 0.29) is 0 Å². The highest BCUT2D eigenvalue weighted by atomic mass is 32.1. The lowest BCUT2D eigenvalue weighted by Crippen LogP contribution is -2.24. The molecule has 1 rings (SSSR count). The fourth-order valence-corrected chi connectivity index (χ4v) is 1.58. The van der Waals surface area contributed by atoms with Crippen molar-refractivity contribution in [3.8, 4) is 0 Å². The maximum atomic E-state index is 10.7. The summed E-state index contributed by atoms with van der Waals surface area (Å²) in [5, 5.41) is 20.3. The first-order chi connectivity index (χ1) is 5.63. The second kappa shape index (κ2) is 3.80. The van der Waals surface area contributed by atoms with Crippen LogP contribution in [-0.2, 0) is 4.79 Å². The van der Waals surface area contributed by atoms with Crippen molar-refractivity contribution in [3.63, 3.8) is 0 Å². The molecule has 0 radical (unpaired) electrons. The summed E-state index contributed by atoms with van der Waals surface area (Å²) in [6, 6.07) is 3.44. The molecule has 3 nitrogen and oxygen atoms in total. The normalized spacial score (nSPS) is 15.6. The van der Waals surface area contributed by atoms with E-state index >= 15 is 0 Å². The van der Waals surface area contributed by atoms with Crippen LogP contribution in [0.15, 0.2) is 17.5 Å². The van der Waals surface area contributed by atoms with Crippen molar-refractivity contribution >= 4 is 17.1 Å². The van der Waals surface area contributed by atoms with Crippen LogP contribution < -0.4 is 0 Å². The van der Waals surface area contributed by atoms with Gasteiger partial charge in [-0.05, 0) is 18.4 Å². The maximum absolute atomic E-state index is 10.7. The zero-order valence-electron chi connectivity index (χ0n) is 6.60. The number of aliphatic hydroxyl groups excluding tert-OH is 2. The molecule has 1 aromatic rings. The second-order valence-corrected chi connectivity index (χ2v) is 3.50. The Morgan fingerprint density at radius 3 is 2.67 bits per heavy atom. The predicted molar refractivity (Wildman–Crippen MR) is 46.0 cm³/mol. The average Bonchev–Trinajstić information content (AvgIpc) is 2.53. The first-order valence-corrected chi connectivity index (χ1v) is 4.41. The summed E-state index contributed by atoms with van der Waals surface area (Å²) in [4.78, 5) is 11.3. The summed E-state index contributed by atoms with van der Waals surface area (Å²) in [6.07, 6.45) is -2.38. The van der Waals surface area contributed by atoms with Crippen molar-refractivity contribution in [2.45, 2.75) is 19.1 Å². The standard InChI is InChI=1S/C8H10O3S/c1-5(9)7(10)8(11)6-3-2-4-12-6/h2-4,7-8,10-11H,1H3/t7-,8-/m0/s1. The van der Waals surface area contributed by atoms with Gasteiger partial charge < -0.3 is 10.2 Å². The van der Waals surface area contributed by atoms with Crippen LogP contribution in [0.3, 0.4) is 0 Å². The molecular formula is C8H10O3S. The van der Waals surface area contributed by atoms with Crippen LogP contribution in [0, 0.1) is 0 Å². The van der Waals surface area contributed by atoms with E-state index in [9.17, 15) is 15.0 Å². The highest BCUT2D eigenvalue weighted by Crippen LogP contribution is 2.21. The molecule has 0 unspecified atom stereocenters. The number of carbonyl (C=O) groups is 1. The molecule has 0 saturated heterocycles. The SMILES string of the molecule is CC(=O)[C@H](O)[C@@H](O)c1cccs1. The van der Waals surface area contributed by atoms with Crippen molar-refractivity contribution < 1.29 is 15.0 Å². The first-order valence-electron chi connectivity index (χ1n) is 3.53. The number of hydrogen-bond acceptors (Lipinski definition) is 4. The predicted octanol–water partition coefficient (Wildman–Crippen LogP) is 0.731. The van der Waals surface area contributed by atoms with Crippen LogP contribution in [0.5, 0.6) is 0 Å². The quantitative estimate of drug-likeness (QED) is 0.731. The molecule has 0 saturated carbocycles. The smallest absolute Gasteiger partial charge is 0.161 e. The average molecular weight is 186 g/mol. The van der Waals surface area contributed by atoms with Gasteiger partial charge in [-0.2, -0.15) is 0 Å². The van der Waals surface area contributed by atoms with Crippen LogP contribution in [0.4, 0.5) is 0 Å². The van der Waals surface area contributed by atoms with E-state index in [1.165, 1.54) is 18.3 Å². The molecule has 1 heterocycles. The maximum Gasteiger partial charge on any atom is 0.161 e. The third kappa shape index (κ3) is 1.91. The van der Waals surface area contributed by atoms with E-state index in [0.29, 0.717) is 4.88 Å². The molecule has 0 aliphatic carbocycles. The minimum absolute atomic E-state index is 0.420. The van der Waals surface area contributed by atoms with Crippen LogP contribution in [0.25, 0.3) is 0 Å². The highest BCUT2D eigenvalue weighted by Gasteiger charge is 2.22. The molecule has 2 atom stereocenters. The van der Waals surface area contributed by atoms with E-state index in [2.05, 4.69) is 0 Å². The lowest BCUT2D eigenvalue weighted by atomic mass is 10.1. The summed E-state index contributed by atoms with van der Waals surface area (Å²) in [6.45, 7) is 1.25. The zero-order valence-corrected chi connectivity index (χ0v) is 7.41. The lowest BCUT2D eigenvalue weighted by Gasteiger charge is -2.12. The Labute approximate surface area is 74.3 Å². The van der Waals surface area contributed by atoms with Gasteiger partial charge in [-0.3, -0.25) is 4.79 Å².